The van der Waals surface area contributed by atoms with Crippen LogP contribution in [-0.2, 0) is 16.0 Å². The lowest BCUT2D eigenvalue weighted by Crippen LogP contribution is -2.35. The molecule has 5 nitrogen and oxygen atoms in total. The van der Waals surface area contributed by atoms with E-state index in [4.69, 9.17) is 9.72 Å². The van der Waals surface area contributed by atoms with Crippen molar-refractivity contribution in [1.29, 1.82) is 0 Å². The molecule has 1 atom stereocenters. The van der Waals surface area contributed by atoms with Gasteiger partial charge in [0.05, 0.1) is 16.8 Å². The zero-order chi connectivity index (χ0) is 26.0. The molecule has 5 rings (SSSR count). The van der Waals surface area contributed by atoms with Crippen molar-refractivity contribution in [2.24, 2.45) is 11.3 Å². The molecule has 2 aromatic heterocycles. The number of nitrogens with zero attached hydrogens (tertiary/aromatic N) is 2. The number of para-hydroxylation sites is 1. The maximum atomic E-state index is 13.7. The van der Waals surface area contributed by atoms with Crippen molar-refractivity contribution >= 4 is 45.8 Å². The van der Waals surface area contributed by atoms with Gasteiger partial charge in [0, 0.05) is 23.4 Å². The molecule has 6 heteroatoms. The number of esters is 1. The first-order valence-corrected chi connectivity index (χ1v) is 14.3. The molecule has 0 saturated carbocycles. The highest BCUT2D eigenvalue weighted by Gasteiger charge is 2.35. The number of amides is 1. The van der Waals surface area contributed by atoms with Crippen molar-refractivity contribution in [3.63, 3.8) is 0 Å². The van der Waals surface area contributed by atoms with Gasteiger partial charge in [-0.3, -0.25) is 4.79 Å². The molecule has 37 heavy (non-hydrogen) atoms. The summed E-state index contributed by atoms with van der Waals surface area (Å²) in [6.45, 7) is 8.06. The summed E-state index contributed by atoms with van der Waals surface area (Å²) in [6.07, 6.45) is 8.20. The van der Waals surface area contributed by atoms with E-state index in [-0.39, 0.29) is 17.9 Å². The molecule has 0 N–H and O–H groups in total. The van der Waals surface area contributed by atoms with Gasteiger partial charge in [0.1, 0.15) is 0 Å². The average Bonchev–Trinajstić information content (AvgIpc) is 3.23. The summed E-state index contributed by atoms with van der Waals surface area (Å²) in [7, 11) is 0. The van der Waals surface area contributed by atoms with Crippen molar-refractivity contribution < 1.29 is 14.3 Å². The van der Waals surface area contributed by atoms with Gasteiger partial charge in [0.25, 0.3) is 5.91 Å². The summed E-state index contributed by atoms with van der Waals surface area (Å²) >= 11 is 1.70. The SMILES string of the molecule is CC(C)(C)C1CC(=Cc2cccs2)c2nc3ccccc3c(C(=O)OCC(=O)N3CCCCCC3)c2C1. The Bertz CT molecular complexity index is 1310. The largest absolute Gasteiger partial charge is 0.452 e. The molecule has 1 unspecified atom stereocenters. The van der Waals surface area contributed by atoms with E-state index in [0.29, 0.717) is 11.5 Å². The van der Waals surface area contributed by atoms with Gasteiger partial charge in [-0.25, -0.2) is 9.78 Å². The van der Waals surface area contributed by atoms with Crippen LogP contribution >= 0.6 is 11.3 Å². The summed E-state index contributed by atoms with van der Waals surface area (Å²) in [6, 6.07) is 11.9. The van der Waals surface area contributed by atoms with Crippen LogP contribution in [0.4, 0.5) is 0 Å². The fraction of sp³-hybridized carbons (Fsp3) is 0.452. The zero-order valence-electron chi connectivity index (χ0n) is 22.1. The van der Waals surface area contributed by atoms with Crippen LogP contribution in [0.5, 0.6) is 0 Å². The normalized spacial score (nSPS) is 19.5. The van der Waals surface area contributed by atoms with Crippen LogP contribution in [0.2, 0.25) is 0 Å². The van der Waals surface area contributed by atoms with E-state index in [1.807, 2.05) is 29.2 Å². The number of thiophene rings is 1. The number of rotatable bonds is 4. The highest BCUT2D eigenvalue weighted by atomic mass is 32.1. The Morgan fingerprint density at radius 3 is 2.51 bits per heavy atom. The Labute approximate surface area is 223 Å². The average molecular weight is 517 g/mol. The van der Waals surface area contributed by atoms with Crippen LogP contribution in [0.15, 0.2) is 41.8 Å². The van der Waals surface area contributed by atoms with Crippen LogP contribution in [0.25, 0.3) is 22.6 Å². The smallest absolute Gasteiger partial charge is 0.339 e. The van der Waals surface area contributed by atoms with Gasteiger partial charge in [0.15, 0.2) is 6.61 Å². The van der Waals surface area contributed by atoms with Crippen molar-refractivity contribution in [2.75, 3.05) is 19.7 Å². The number of fused-ring (bicyclic) bond motifs is 2. The van der Waals surface area contributed by atoms with E-state index >= 15 is 0 Å². The third-order valence-electron chi connectivity index (χ3n) is 7.79. The van der Waals surface area contributed by atoms with Crippen LogP contribution < -0.4 is 0 Å². The van der Waals surface area contributed by atoms with E-state index < -0.39 is 5.97 Å². The molecule has 3 heterocycles. The lowest BCUT2D eigenvalue weighted by molar-refractivity contribution is -0.134. The van der Waals surface area contributed by atoms with Crippen molar-refractivity contribution in [3.8, 4) is 0 Å². The quantitative estimate of drug-likeness (QED) is 0.350. The summed E-state index contributed by atoms with van der Waals surface area (Å²) in [5.41, 5.74) is 4.39. The maximum absolute atomic E-state index is 13.7. The predicted molar refractivity (Wildman–Crippen MR) is 151 cm³/mol. The molecule has 0 bridgehead atoms. The first kappa shape index (κ1) is 25.7. The lowest BCUT2D eigenvalue weighted by atomic mass is 9.69. The van der Waals surface area contributed by atoms with Crippen molar-refractivity contribution in [1.82, 2.24) is 9.88 Å². The number of likely N-dealkylation sites (tertiary alicyclic amines) is 1. The van der Waals surface area contributed by atoms with E-state index in [1.165, 1.54) is 4.88 Å². The Morgan fingerprint density at radius 1 is 1.05 bits per heavy atom. The Balaban J connectivity index is 1.54. The molecule has 1 saturated heterocycles. The minimum Gasteiger partial charge on any atom is -0.452 e. The molecule has 1 fully saturated rings. The number of carbonyl (C=O) groups excluding carboxylic acids is 2. The first-order chi connectivity index (χ1) is 17.8. The second-order valence-electron chi connectivity index (χ2n) is 11.4. The maximum Gasteiger partial charge on any atom is 0.339 e. The second-order valence-corrected chi connectivity index (χ2v) is 12.3. The minimum atomic E-state index is -0.428. The fourth-order valence-corrected chi connectivity index (χ4v) is 6.21. The first-order valence-electron chi connectivity index (χ1n) is 13.4. The van der Waals surface area contributed by atoms with Gasteiger partial charge in [-0.05, 0) is 71.7 Å². The molecule has 2 aliphatic rings. The summed E-state index contributed by atoms with van der Waals surface area (Å²) in [5.74, 6) is -0.184. The fourth-order valence-electron chi connectivity index (χ4n) is 5.53. The molecule has 1 aliphatic heterocycles. The van der Waals surface area contributed by atoms with Crippen LogP contribution in [-0.4, -0.2) is 41.5 Å². The topological polar surface area (TPSA) is 59.5 Å². The van der Waals surface area contributed by atoms with Crippen LogP contribution in [0.3, 0.4) is 0 Å². The molecular weight excluding hydrogens is 480 g/mol. The number of hydrogen-bond donors (Lipinski definition) is 0. The van der Waals surface area contributed by atoms with Crippen molar-refractivity contribution in [2.45, 2.75) is 59.3 Å². The summed E-state index contributed by atoms with van der Waals surface area (Å²) < 4.78 is 5.74. The number of aromatic nitrogens is 1. The standard InChI is InChI=1S/C31H36N2O3S/c1-31(2,3)22-17-21(18-23-11-10-16-37-23)29-25(19-22)28(24-12-6-7-13-26(24)32-29)30(35)36-20-27(34)33-14-8-4-5-9-15-33/h6-7,10-13,16,18,22H,4-5,8-9,14-15,17,19-20H2,1-3H3. The molecule has 194 valence electrons. The molecule has 3 aromatic rings. The zero-order valence-corrected chi connectivity index (χ0v) is 22.9. The summed E-state index contributed by atoms with van der Waals surface area (Å²) in [4.78, 5) is 34.7. The third kappa shape index (κ3) is 5.64. The molecule has 0 spiro atoms. The molecular formula is C31H36N2O3S. The molecule has 1 amide bonds. The number of benzene rings is 1. The highest BCUT2D eigenvalue weighted by molar-refractivity contribution is 7.10. The van der Waals surface area contributed by atoms with Gasteiger partial charge in [-0.2, -0.15) is 0 Å². The van der Waals surface area contributed by atoms with Crippen molar-refractivity contribution in [3.05, 3.63) is 63.5 Å². The number of ether oxygens (including phenoxy) is 1. The number of hydrogen-bond acceptors (Lipinski definition) is 5. The Morgan fingerprint density at radius 2 is 1.81 bits per heavy atom. The lowest BCUT2D eigenvalue weighted by Gasteiger charge is -2.36. The summed E-state index contributed by atoms with van der Waals surface area (Å²) in [5, 5.41) is 2.87. The predicted octanol–water partition coefficient (Wildman–Crippen LogP) is 7.00. The van der Waals surface area contributed by atoms with E-state index in [2.05, 4.69) is 44.4 Å². The third-order valence-corrected chi connectivity index (χ3v) is 8.61. The monoisotopic (exact) mass is 516 g/mol. The number of carbonyl (C=O) groups is 2. The van der Waals surface area contributed by atoms with E-state index in [0.717, 1.165) is 79.3 Å². The van der Waals surface area contributed by atoms with Gasteiger partial charge in [0.2, 0.25) is 0 Å². The van der Waals surface area contributed by atoms with E-state index in [9.17, 15) is 9.59 Å². The van der Waals surface area contributed by atoms with Gasteiger partial charge >= 0.3 is 5.97 Å². The molecule has 0 radical (unpaired) electrons. The second kappa shape index (κ2) is 10.8. The number of allylic oxidation sites excluding steroid dienone is 1. The van der Waals surface area contributed by atoms with Gasteiger partial charge in [-0.1, -0.05) is 57.9 Å². The van der Waals surface area contributed by atoms with Gasteiger partial charge < -0.3 is 9.64 Å². The minimum absolute atomic E-state index is 0.0573. The highest BCUT2D eigenvalue weighted by Crippen LogP contribution is 2.45. The van der Waals surface area contributed by atoms with E-state index in [1.54, 1.807) is 11.3 Å². The van der Waals surface area contributed by atoms with Gasteiger partial charge in [-0.15, -0.1) is 11.3 Å². The molecule has 1 aromatic carbocycles. The molecule has 1 aliphatic carbocycles. The van der Waals surface area contributed by atoms with Crippen LogP contribution in [0, 0.1) is 11.3 Å². The Kier molecular flexibility index (Phi) is 7.47. The number of pyridine rings is 1. The Hall–Kier alpha value is -2.99. The van der Waals surface area contributed by atoms with Crippen LogP contribution in [0.1, 0.15) is 79.4 Å².